The van der Waals surface area contributed by atoms with E-state index in [2.05, 4.69) is 15.6 Å². The lowest BCUT2D eigenvalue weighted by molar-refractivity contribution is -0.118. The first kappa shape index (κ1) is 19.2. The Hall–Kier alpha value is -3.62. The standard InChI is InChI=1S/C19H21FN6O2/c1-3-13(17(22)28)23-19-12(20)9-11(16(21)27)18(25-19)24-14-5-4-6-15-10(14)7-8-26(15)2/h4-9,13H,3H2,1-2H3,(H2,21,27)(H2,22,28)(H2,23,24,25). The van der Waals surface area contributed by atoms with Crippen molar-refractivity contribution >= 4 is 40.0 Å². The van der Waals surface area contributed by atoms with E-state index in [4.69, 9.17) is 11.5 Å². The summed E-state index contributed by atoms with van der Waals surface area (Å²) in [6, 6.07) is 7.69. The maximum Gasteiger partial charge on any atom is 0.252 e. The zero-order chi connectivity index (χ0) is 20.4. The first-order valence-corrected chi connectivity index (χ1v) is 8.69. The minimum absolute atomic E-state index is 0.0760. The summed E-state index contributed by atoms with van der Waals surface area (Å²) in [5, 5.41) is 6.62. The molecule has 2 amide bonds. The van der Waals surface area contributed by atoms with Crippen LogP contribution in [0.2, 0.25) is 0 Å². The number of amides is 2. The van der Waals surface area contributed by atoms with Gasteiger partial charge < -0.3 is 26.7 Å². The minimum Gasteiger partial charge on any atom is -0.368 e. The SMILES string of the molecule is CCC(Nc1nc(Nc2cccc3c2ccn3C)c(C(N)=O)cc1F)C(N)=O. The molecule has 28 heavy (non-hydrogen) atoms. The minimum atomic E-state index is -0.831. The van der Waals surface area contributed by atoms with E-state index in [0.717, 1.165) is 17.0 Å². The molecule has 1 atom stereocenters. The molecule has 0 saturated heterocycles. The summed E-state index contributed by atoms with van der Waals surface area (Å²) in [6.07, 6.45) is 2.24. The number of carbonyl (C=O) groups is 2. The predicted octanol–water partition coefficient (Wildman–Crippen LogP) is 2.23. The highest BCUT2D eigenvalue weighted by atomic mass is 19.1. The van der Waals surface area contributed by atoms with Crippen molar-refractivity contribution in [3.63, 3.8) is 0 Å². The van der Waals surface area contributed by atoms with Crippen LogP contribution in [-0.2, 0) is 11.8 Å². The van der Waals surface area contributed by atoms with Crippen molar-refractivity contribution in [3.05, 3.63) is 47.9 Å². The summed E-state index contributed by atoms with van der Waals surface area (Å²) < 4.78 is 16.4. The number of pyridine rings is 1. The zero-order valence-corrected chi connectivity index (χ0v) is 15.5. The maximum absolute atomic E-state index is 14.4. The van der Waals surface area contributed by atoms with Crippen LogP contribution in [-0.4, -0.2) is 27.4 Å². The Morgan fingerprint density at radius 3 is 2.64 bits per heavy atom. The van der Waals surface area contributed by atoms with Crippen molar-refractivity contribution in [2.24, 2.45) is 18.5 Å². The Morgan fingerprint density at radius 1 is 1.25 bits per heavy atom. The molecule has 9 heteroatoms. The summed E-state index contributed by atoms with van der Waals surface area (Å²) >= 11 is 0. The topological polar surface area (TPSA) is 128 Å². The van der Waals surface area contributed by atoms with Crippen LogP contribution in [0.25, 0.3) is 10.9 Å². The number of benzene rings is 1. The lowest BCUT2D eigenvalue weighted by Gasteiger charge is -2.17. The molecule has 3 aromatic rings. The van der Waals surface area contributed by atoms with Crippen LogP contribution in [0, 0.1) is 5.82 Å². The molecular weight excluding hydrogens is 363 g/mol. The number of aryl methyl sites for hydroxylation is 1. The van der Waals surface area contributed by atoms with Gasteiger partial charge in [-0.25, -0.2) is 9.37 Å². The third kappa shape index (κ3) is 3.59. The number of nitrogens with two attached hydrogens (primary N) is 2. The van der Waals surface area contributed by atoms with E-state index >= 15 is 0 Å². The fourth-order valence-electron chi connectivity index (χ4n) is 2.95. The maximum atomic E-state index is 14.4. The molecule has 3 rings (SSSR count). The fourth-order valence-corrected chi connectivity index (χ4v) is 2.95. The highest BCUT2D eigenvalue weighted by Crippen LogP contribution is 2.29. The second kappa shape index (κ2) is 7.55. The van der Waals surface area contributed by atoms with Crippen molar-refractivity contribution in [1.82, 2.24) is 9.55 Å². The normalized spacial score (nSPS) is 12.0. The van der Waals surface area contributed by atoms with Crippen molar-refractivity contribution in [2.45, 2.75) is 19.4 Å². The van der Waals surface area contributed by atoms with E-state index in [1.165, 1.54) is 0 Å². The number of hydrogen-bond acceptors (Lipinski definition) is 5. The summed E-state index contributed by atoms with van der Waals surface area (Å²) in [5.74, 6) is -2.39. The lowest BCUT2D eigenvalue weighted by atomic mass is 10.1. The van der Waals surface area contributed by atoms with Crippen molar-refractivity contribution in [3.8, 4) is 0 Å². The summed E-state index contributed by atoms with van der Waals surface area (Å²) in [6.45, 7) is 1.73. The van der Waals surface area contributed by atoms with Gasteiger partial charge in [-0.1, -0.05) is 13.0 Å². The number of rotatable bonds is 7. The third-order valence-corrected chi connectivity index (χ3v) is 4.49. The Labute approximate surface area is 160 Å². The number of nitrogens with one attached hydrogen (secondary N) is 2. The molecule has 0 aliphatic heterocycles. The van der Waals surface area contributed by atoms with Gasteiger partial charge in [-0.15, -0.1) is 0 Å². The van der Waals surface area contributed by atoms with Gasteiger partial charge in [-0.3, -0.25) is 9.59 Å². The van der Waals surface area contributed by atoms with Gasteiger partial charge in [-0.2, -0.15) is 0 Å². The van der Waals surface area contributed by atoms with Crippen LogP contribution in [0.15, 0.2) is 36.5 Å². The monoisotopic (exact) mass is 384 g/mol. The van der Waals surface area contributed by atoms with E-state index < -0.39 is 23.7 Å². The summed E-state index contributed by atoms with van der Waals surface area (Å²) in [7, 11) is 1.91. The van der Waals surface area contributed by atoms with E-state index in [-0.39, 0.29) is 17.2 Å². The van der Waals surface area contributed by atoms with Crippen molar-refractivity contribution in [1.29, 1.82) is 0 Å². The smallest absolute Gasteiger partial charge is 0.252 e. The molecule has 2 aromatic heterocycles. The molecule has 0 spiro atoms. The number of nitrogens with zero attached hydrogens (tertiary/aromatic N) is 2. The van der Waals surface area contributed by atoms with Crippen LogP contribution >= 0.6 is 0 Å². The molecule has 6 N–H and O–H groups in total. The van der Waals surface area contributed by atoms with E-state index in [9.17, 15) is 14.0 Å². The molecule has 8 nitrogen and oxygen atoms in total. The van der Waals surface area contributed by atoms with Crippen LogP contribution in [0.3, 0.4) is 0 Å². The Morgan fingerprint density at radius 2 is 2.00 bits per heavy atom. The first-order chi connectivity index (χ1) is 13.3. The van der Waals surface area contributed by atoms with Gasteiger partial charge in [0.05, 0.1) is 5.56 Å². The van der Waals surface area contributed by atoms with Crippen LogP contribution in [0.5, 0.6) is 0 Å². The largest absolute Gasteiger partial charge is 0.368 e. The molecule has 0 fully saturated rings. The second-order valence-electron chi connectivity index (χ2n) is 6.38. The molecule has 0 aliphatic carbocycles. The Kier molecular flexibility index (Phi) is 5.16. The molecule has 146 valence electrons. The average Bonchev–Trinajstić information content (AvgIpc) is 3.03. The third-order valence-electron chi connectivity index (χ3n) is 4.49. The fraction of sp³-hybridized carbons (Fsp3) is 0.211. The molecule has 1 aromatic carbocycles. The van der Waals surface area contributed by atoms with Gasteiger partial charge in [0.1, 0.15) is 11.9 Å². The van der Waals surface area contributed by atoms with Gasteiger partial charge in [0.15, 0.2) is 11.6 Å². The van der Waals surface area contributed by atoms with Crippen LogP contribution < -0.4 is 22.1 Å². The molecule has 0 radical (unpaired) electrons. The number of halogens is 1. The average molecular weight is 384 g/mol. The van der Waals surface area contributed by atoms with Crippen LogP contribution in [0.1, 0.15) is 23.7 Å². The quantitative estimate of drug-likeness (QED) is 0.497. The first-order valence-electron chi connectivity index (χ1n) is 8.69. The van der Waals surface area contributed by atoms with Crippen molar-refractivity contribution < 1.29 is 14.0 Å². The number of fused-ring (bicyclic) bond motifs is 1. The second-order valence-corrected chi connectivity index (χ2v) is 6.38. The summed E-state index contributed by atoms with van der Waals surface area (Å²) in [4.78, 5) is 27.4. The number of anilines is 3. The molecule has 0 bridgehead atoms. The highest BCUT2D eigenvalue weighted by Gasteiger charge is 2.20. The van der Waals surface area contributed by atoms with Gasteiger partial charge in [0.25, 0.3) is 5.91 Å². The van der Waals surface area contributed by atoms with E-state index in [0.29, 0.717) is 12.1 Å². The molecule has 0 aliphatic rings. The predicted molar refractivity (Wildman–Crippen MR) is 106 cm³/mol. The van der Waals surface area contributed by atoms with Gasteiger partial charge in [0.2, 0.25) is 5.91 Å². The van der Waals surface area contributed by atoms with E-state index in [1.807, 2.05) is 42.1 Å². The molecule has 0 saturated carbocycles. The molecule has 1 unspecified atom stereocenters. The van der Waals surface area contributed by atoms with Crippen LogP contribution in [0.4, 0.5) is 21.7 Å². The molecular formula is C19H21FN6O2. The van der Waals surface area contributed by atoms with Crippen molar-refractivity contribution in [2.75, 3.05) is 10.6 Å². The number of primary amides is 2. The summed E-state index contributed by atoms with van der Waals surface area (Å²) in [5.41, 5.74) is 12.2. The number of aromatic nitrogens is 2. The Balaban J connectivity index is 2.06. The van der Waals surface area contributed by atoms with E-state index in [1.54, 1.807) is 6.92 Å². The Bertz CT molecular complexity index is 1060. The number of carbonyl (C=O) groups excluding carboxylic acids is 2. The zero-order valence-electron chi connectivity index (χ0n) is 15.5. The molecule has 2 heterocycles. The van der Waals surface area contributed by atoms with Gasteiger partial charge in [-0.05, 0) is 30.7 Å². The van der Waals surface area contributed by atoms with Gasteiger partial charge in [0, 0.05) is 29.8 Å². The number of hydrogen-bond donors (Lipinski definition) is 4. The lowest BCUT2D eigenvalue weighted by Crippen LogP contribution is -2.35. The highest BCUT2D eigenvalue weighted by molar-refractivity contribution is 6.01. The van der Waals surface area contributed by atoms with Gasteiger partial charge >= 0.3 is 0 Å².